The molecule has 0 radical (unpaired) electrons. The molecule has 86 valence electrons. The highest BCUT2D eigenvalue weighted by Crippen LogP contribution is 2.25. The van der Waals surface area contributed by atoms with E-state index in [1.54, 1.807) is 0 Å². The third kappa shape index (κ3) is 1.80. The second kappa shape index (κ2) is 4.06. The van der Waals surface area contributed by atoms with Crippen molar-refractivity contribution in [2.75, 3.05) is 25.5 Å². The van der Waals surface area contributed by atoms with Crippen molar-refractivity contribution in [3.8, 4) is 0 Å². The van der Waals surface area contributed by atoms with Crippen molar-refractivity contribution in [3.05, 3.63) is 22.9 Å². The third-order valence-electron chi connectivity index (χ3n) is 3.62. The van der Waals surface area contributed by atoms with E-state index in [2.05, 4.69) is 23.3 Å². The fraction of sp³-hybridized carbons (Fsp3) is 0.615. The van der Waals surface area contributed by atoms with Gasteiger partial charge in [-0.3, -0.25) is 0 Å². The molecular formula is C13H19N3. The molecule has 0 spiro atoms. The fourth-order valence-electron chi connectivity index (χ4n) is 2.63. The molecule has 3 heteroatoms. The summed E-state index contributed by atoms with van der Waals surface area (Å²) in [7, 11) is 2.17. The average molecular weight is 217 g/mol. The molecule has 0 aliphatic carbocycles. The van der Waals surface area contributed by atoms with Crippen LogP contribution in [0.3, 0.4) is 0 Å². The Kier molecular flexibility index (Phi) is 2.56. The number of aryl methyl sites for hydroxylation is 1. The van der Waals surface area contributed by atoms with Gasteiger partial charge in [-0.2, -0.15) is 0 Å². The average Bonchev–Trinajstić information content (AvgIpc) is 2.50. The van der Waals surface area contributed by atoms with E-state index in [4.69, 9.17) is 4.98 Å². The van der Waals surface area contributed by atoms with E-state index in [1.165, 1.54) is 42.6 Å². The molecule has 3 rings (SSSR count). The van der Waals surface area contributed by atoms with Gasteiger partial charge < -0.3 is 10.2 Å². The van der Waals surface area contributed by atoms with Crippen molar-refractivity contribution in [2.45, 2.75) is 32.2 Å². The molecule has 1 aromatic rings. The highest BCUT2D eigenvalue weighted by Gasteiger charge is 2.18. The van der Waals surface area contributed by atoms with Gasteiger partial charge in [0.15, 0.2) is 0 Å². The molecule has 1 N–H and O–H groups in total. The van der Waals surface area contributed by atoms with Gasteiger partial charge in [0.2, 0.25) is 0 Å². The van der Waals surface area contributed by atoms with Gasteiger partial charge in [-0.05, 0) is 43.9 Å². The molecule has 2 aliphatic rings. The predicted octanol–water partition coefficient (Wildman–Crippen LogP) is 1.82. The van der Waals surface area contributed by atoms with Crippen molar-refractivity contribution >= 4 is 5.82 Å². The Morgan fingerprint density at radius 2 is 2.19 bits per heavy atom. The Labute approximate surface area is 96.9 Å². The molecule has 3 heterocycles. The van der Waals surface area contributed by atoms with Crippen LogP contribution < -0.4 is 5.32 Å². The van der Waals surface area contributed by atoms with Crippen LogP contribution in [0.4, 0.5) is 5.82 Å². The molecular weight excluding hydrogens is 198 g/mol. The second-order valence-corrected chi connectivity index (χ2v) is 4.97. The van der Waals surface area contributed by atoms with Gasteiger partial charge in [-0.15, -0.1) is 0 Å². The summed E-state index contributed by atoms with van der Waals surface area (Å²) in [5.41, 5.74) is 4.18. The number of rotatable bonds is 0. The summed E-state index contributed by atoms with van der Waals surface area (Å²) in [5, 5.41) is 3.46. The quantitative estimate of drug-likeness (QED) is 0.718. The zero-order valence-electron chi connectivity index (χ0n) is 9.92. The molecule has 1 aromatic heterocycles. The summed E-state index contributed by atoms with van der Waals surface area (Å²) in [5.74, 6) is 1.14. The van der Waals surface area contributed by atoms with Crippen molar-refractivity contribution in [1.29, 1.82) is 0 Å². The van der Waals surface area contributed by atoms with Crippen LogP contribution in [0.5, 0.6) is 0 Å². The van der Waals surface area contributed by atoms with E-state index in [0.717, 1.165) is 25.3 Å². The summed E-state index contributed by atoms with van der Waals surface area (Å²) in [4.78, 5) is 7.16. The van der Waals surface area contributed by atoms with Gasteiger partial charge in [-0.1, -0.05) is 6.07 Å². The van der Waals surface area contributed by atoms with E-state index in [9.17, 15) is 0 Å². The van der Waals surface area contributed by atoms with Crippen LogP contribution in [0.25, 0.3) is 0 Å². The Morgan fingerprint density at radius 3 is 3.12 bits per heavy atom. The van der Waals surface area contributed by atoms with Crippen LogP contribution in [0.15, 0.2) is 6.07 Å². The maximum absolute atomic E-state index is 4.81. The number of pyridine rings is 1. The first-order valence-corrected chi connectivity index (χ1v) is 6.27. The lowest BCUT2D eigenvalue weighted by Crippen LogP contribution is -2.27. The van der Waals surface area contributed by atoms with E-state index in [0.29, 0.717) is 0 Å². The fourth-order valence-corrected chi connectivity index (χ4v) is 2.63. The lowest BCUT2D eigenvalue weighted by molar-refractivity contribution is 0.307. The van der Waals surface area contributed by atoms with Gasteiger partial charge in [0.05, 0.1) is 5.69 Å². The van der Waals surface area contributed by atoms with Crippen molar-refractivity contribution in [2.24, 2.45) is 0 Å². The molecule has 0 fully saturated rings. The van der Waals surface area contributed by atoms with Gasteiger partial charge in [0, 0.05) is 19.6 Å². The van der Waals surface area contributed by atoms with Gasteiger partial charge in [-0.25, -0.2) is 4.98 Å². The maximum Gasteiger partial charge on any atom is 0.129 e. The smallest absolute Gasteiger partial charge is 0.129 e. The Morgan fingerprint density at radius 1 is 1.25 bits per heavy atom. The lowest BCUT2D eigenvalue weighted by Gasteiger charge is -2.25. The molecule has 16 heavy (non-hydrogen) atoms. The largest absolute Gasteiger partial charge is 0.370 e. The highest BCUT2D eigenvalue weighted by atomic mass is 15.1. The topological polar surface area (TPSA) is 28.2 Å². The number of anilines is 1. The maximum atomic E-state index is 4.81. The molecule has 0 aromatic carbocycles. The first-order valence-electron chi connectivity index (χ1n) is 6.27. The zero-order valence-corrected chi connectivity index (χ0v) is 9.92. The monoisotopic (exact) mass is 217 g/mol. The van der Waals surface area contributed by atoms with Crippen molar-refractivity contribution < 1.29 is 0 Å². The van der Waals surface area contributed by atoms with Crippen LogP contribution in [0.1, 0.15) is 29.7 Å². The minimum absolute atomic E-state index is 1.00. The first kappa shape index (κ1) is 10.1. The minimum Gasteiger partial charge on any atom is -0.370 e. The van der Waals surface area contributed by atoms with Crippen LogP contribution in [-0.2, 0) is 19.4 Å². The summed E-state index contributed by atoms with van der Waals surface area (Å²) in [6, 6.07) is 2.39. The molecule has 3 nitrogen and oxygen atoms in total. The van der Waals surface area contributed by atoms with Crippen LogP contribution in [-0.4, -0.2) is 30.0 Å². The van der Waals surface area contributed by atoms with Crippen LogP contribution in [0, 0.1) is 0 Å². The number of aromatic nitrogens is 1. The predicted molar refractivity (Wildman–Crippen MR) is 65.7 cm³/mol. The van der Waals surface area contributed by atoms with E-state index in [-0.39, 0.29) is 0 Å². The third-order valence-corrected chi connectivity index (χ3v) is 3.62. The molecule has 0 bridgehead atoms. The van der Waals surface area contributed by atoms with Gasteiger partial charge in [0.25, 0.3) is 0 Å². The van der Waals surface area contributed by atoms with E-state index >= 15 is 0 Å². The first-order chi connectivity index (χ1) is 7.83. The molecule has 0 saturated heterocycles. The van der Waals surface area contributed by atoms with Crippen molar-refractivity contribution in [3.63, 3.8) is 0 Å². The summed E-state index contributed by atoms with van der Waals surface area (Å²) in [6.45, 7) is 3.25. The minimum atomic E-state index is 1.00. The lowest BCUT2D eigenvalue weighted by atomic mass is 10.0. The normalized spacial score (nSPS) is 20.6. The molecule has 0 saturated carbocycles. The Bertz CT molecular complexity index is 400. The van der Waals surface area contributed by atoms with Crippen LogP contribution >= 0.6 is 0 Å². The number of hydrogen-bond acceptors (Lipinski definition) is 3. The molecule has 2 aliphatic heterocycles. The number of nitrogens with one attached hydrogen (secondary N) is 1. The zero-order chi connectivity index (χ0) is 11.0. The van der Waals surface area contributed by atoms with Gasteiger partial charge in [0.1, 0.15) is 5.82 Å². The number of hydrogen-bond donors (Lipinski definition) is 1. The summed E-state index contributed by atoms with van der Waals surface area (Å²) in [6.07, 6.45) is 4.91. The number of nitrogens with zero attached hydrogens (tertiary/aromatic N) is 2. The van der Waals surface area contributed by atoms with Crippen molar-refractivity contribution in [1.82, 2.24) is 9.88 Å². The number of likely N-dealkylation sites (N-methyl/N-ethyl adjacent to an activating group) is 1. The van der Waals surface area contributed by atoms with Crippen LogP contribution in [0.2, 0.25) is 0 Å². The van der Waals surface area contributed by atoms with E-state index < -0.39 is 0 Å². The molecule has 0 unspecified atom stereocenters. The summed E-state index contributed by atoms with van der Waals surface area (Å²) < 4.78 is 0. The Balaban J connectivity index is 1.99. The Hall–Kier alpha value is -1.09. The SMILES string of the molecule is CN1CCc2cc3c(nc2C1)NCCCC3. The number of fused-ring (bicyclic) bond motifs is 2. The molecule has 0 atom stereocenters. The highest BCUT2D eigenvalue weighted by molar-refractivity contribution is 5.49. The van der Waals surface area contributed by atoms with Gasteiger partial charge >= 0.3 is 0 Å². The molecule has 0 amide bonds. The summed E-state index contributed by atoms with van der Waals surface area (Å²) >= 11 is 0. The van der Waals surface area contributed by atoms with E-state index in [1.807, 2.05) is 0 Å². The second-order valence-electron chi connectivity index (χ2n) is 4.97. The standard InChI is InChI=1S/C13H19N3/c1-16-7-5-10-8-11-4-2-3-6-14-13(11)15-12(10)9-16/h8H,2-7,9H2,1H3,(H,14,15).